The predicted molar refractivity (Wildman–Crippen MR) is 55.1 cm³/mol. The monoisotopic (exact) mass is 210 g/mol. The third kappa shape index (κ3) is 1.47. The highest BCUT2D eigenvalue weighted by molar-refractivity contribution is 5.72. The molecule has 0 saturated heterocycles. The molecule has 2 aromatic rings. The zero-order valence-electron chi connectivity index (χ0n) is 8.10. The minimum absolute atomic E-state index is 0.0445. The van der Waals surface area contributed by atoms with Crippen LogP contribution in [0.25, 0.3) is 11.1 Å². The van der Waals surface area contributed by atoms with E-state index in [0.717, 1.165) is 0 Å². The molecule has 0 aliphatic carbocycles. The van der Waals surface area contributed by atoms with E-state index in [4.69, 9.17) is 10.5 Å². The summed E-state index contributed by atoms with van der Waals surface area (Å²) < 4.78 is 0. The molecule has 1 heterocycles. The second kappa shape index (κ2) is 3.76. The molecule has 1 aromatic heterocycles. The molecule has 2 rings (SSSR count). The number of rotatable bonds is 1. The lowest BCUT2D eigenvalue weighted by atomic mass is 10.0. The molecular weight excluding hydrogens is 204 g/mol. The molecule has 16 heavy (non-hydrogen) atoms. The number of nitriles is 2. The van der Waals surface area contributed by atoms with Gasteiger partial charge in [0.15, 0.2) is 0 Å². The molecule has 0 bridgehead atoms. The fourth-order valence-corrected chi connectivity index (χ4v) is 1.40. The summed E-state index contributed by atoms with van der Waals surface area (Å²) in [5.41, 5.74) is 1.53. The van der Waals surface area contributed by atoms with Crippen LogP contribution in [0.15, 0.2) is 24.5 Å². The number of aromatic amines is 1. The molecule has 5 heteroatoms. The summed E-state index contributed by atoms with van der Waals surface area (Å²) in [5.74, 6) is -0.0445. The highest BCUT2D eigenvalue weighted by Crippen LogP contribution is 2.30. The highest BCUT2D eigenvalue weighted by atomic mass is 16.3. The number of phenols is 1. The lowest BCUT2D eigenvalue weighted by Crippen LogP contribution is -1.86. The van der Waals surface area contributed by atoms with Crippen LogP contribution in [-0.2, 0) is 0 Å². The van der Waals surface area contributed by atoms with Crippen LogP contribution < -0.4 is 0 Å². The summed E-state index contributed by atoms with van der Waals surface area (Å²) >= 11 is 0. The van der Waals surface area contributed by atoms with Gasteiger partial charge in [0.25, 0.3) is 0 Å². The van der Waals surface area contributed by atoms with Gasteiger partial charge in [-0.3, -0.25) is 5.10 Å². The molecular formula is C11H6N4O. The molecule has 0 aliphatic rings. The van der Waals surface area contributed by atoms with E-state index >= 15 is 0 Å². The number of nitrogens with one attached hydrogen (secondary N) is 1. The number of aromatic hydroxyl groups is 1. The lowest BCUT2D eigenvalue weighted by Gasteiger charge is -2.03. The Kier molecular flexibility index (Phi) is 2.29. The molecule has 5 nitrogen and oxygen atoms in total. The summed E-state index contributed by atoms with van der Waals surface area (Å²) in [4.78, 5) is 0. The van der Waals surface area contributed by atoms with Gasteiger partial charge in [-0.2, -0.15) is 15.6 Å². The molecule has 0 aliphatic heterocycles. The molecule has 0 spiro atoms. The van der Waals surface area contributed by atoms with Crippen molar-refractivity contribution in [2.45, 2.75) is 0 Å². The van der Waals surface area contributed by atoms with Crippen LogP contribution in [-0.4, -0.2) is 15.3 Å². The molecule has 0 unspecified atom stereocenters. The quantitative estimate of drug-likeness (QED) is 0.745. The van der Waals surface area contributed by atoms with Gasteiger partial charge in [0, 0.05) is 17.3 Å². The maximum atomic E-state index is 9.71. The first-order chi connectivity index (χ1) is 7.76. The number of nitrogens with zero attached hydrogens (tertiary/aromatic N) is 3. The van der Waals surface area contributed by atoms with Gasteiger partial charge in [-0.05, 0) is 12.1 Å². The van der Waals surface area contributed by atoms with E-state index in [0.29, 0.717) is 11.1 Å². The first-order valence-corrected chi connectivity index (χ1v) is 4.42. The molecule has 0 saturated carbocycles. The Morgan fingerprint density at radius 3 is 2.44 bits per heavy atom. The van der Waals surface area contributed by atoms with Gasteiger partial charge in [-0.1, -0.05) is 0 Å². The number of phenolic OH excluding ortho intramolecular Hbond substituents is 1. The molecule has 0 radical (unpaired) electrons. The summed E-state index contributed by atoms with van der Waals surface area (Å²) in [7, 11) is 0. The van der Waals surface area contributed by atoms with Gasteiger partial charge in [0.2, 0.25) is 0 Å². The van der Waals surface area contributed by atoms with Crippen LogP contribution in [0.5, 0.6) is 5.75 Å². The number of aromatic nitrogens is 2. The van der Waals surface area contributed by atoms with Gasteiger partial charge >= 0.3 is 0 Å². The van der Waals surface area contributed by atoms with Crippen LogP contribution >= 0.6 is 0 Å². The Morgan fingerprint density at radius 2 is 1.88 bits per heavy atom. The van der Waals surface area contributed by atoms with E-state index in [1.54, 1.807) is 6.20 Å². The zero-order valence-corrected chi connectivity index (χ0v) is 8.10. The normalized spacial score (nSPS) is 9.38. The SMILES string of the molecule is N#Cc1cc(O)c(-c2cn[nH]c2)cc1C#N. The Morgan fingerprint density at radius 1 is 1.19 bits per heavy atom. The summed E-state index contributed by atoms with van der Waals surface area (Å²) in [6.07, 6.45) is 3.13. The predicted octanol–water partition coefficient (Wildman–Crippen LogP) is 1.53. The average molecular weight is 210 g/mol. The number of H-pyrrole nitrogens is 1. The van der Waals surface area contributed by atoms with Crippen LogP contribution in [0.4, 0.5) is 0 Å². The Balaban J connectivity index is 2.67. The molecule has 2 N–H and O–H groups in total. The smallest absolute Gasteiger partial charge is 0.124 e. The molecule has 0 amide bonds. The first-order valence-electron chi connectivity index (χ1n) is 4.42. The average Bonchev–Trinajstić information content (AvgIpc) is 2.82. The topological polar surface area (TPSA) is 96.5 Å². The summed E-state index contributed by atoms with van der Waals surface area (Å²) in [6.45, 7) is 0. The lowest BCUT2D eigenvalue weighted by molar-refractivity contribution is 0.477. The second-order valence-electron chi connectivity index (χ2n) is 3.13. The number of hydrogen-bond acceptors (Lipinski definition) is 4. The van der Waals surface area contributed by atoms with Crippen molar-refractivity contribution in [3.05, 3.63) is 35.7 Å². The van der Waals surface area contributed by atoms with E-state index in [1.165, 1.54) is 18.3 Å². The van der Waals surface area contributed by atoms with Crippen molar-refractivity contribution in [3.63, 3.8) is 0 Å². The van der Waals surface area contributed by atoms with Gasteiger partial charge in [-0.25, -0.2) is 0 Å². The van der Waals surface area contributed by atoms with Crippen molar-refractivity contribution in [3.8, 4) is 29.0 Å². The molecule has 0 fully saturated rings. The van der Waals surface area contributed by atoms with E-state index in [2.05, 4.69) is 10.2 Å². The standard InChI is InChI=1S/C11H6N4O/c12-3-7-1-10(9-5-14-15-6-9)11(16)2-8(7)4-13/h1-2,5-6,16H,(H,14,15). The molecule has 1 aromatic carbocycles. The minimum atomic E-state index is -0.0445. The van der Waals surface area contributed by atoms with E-state index in [1.807, 2.05) is 12.1 Å². The largest absolute Gasteiger partial charge is 0.507 e. The van der Waals surface area contributed by atoms with E-state index in [-0.39, 0.29) is 16.9 Å². The maximum Gasteiger partial charge on any atom is 0.124 e. The Labute approximate surface area is 91.2 Å². The van der Waals surface area contributed by atoms with Crippen LogP contribution in [0.1, 0.15) is 11.1 Å². The van der Waals surface area contributed by atoms with Crippen molar-refractivity contribution in [2.75, 3.05) is 0 Å². The molecule has 76 valence electrons. The summed E-state index contributed by atoms with van der Waals surface area (Å²) in [6, 6.07) is 6.52. The fraction of sp³-hybridized carbons (Fsp3) is 0. The minimum Gasteiger partial charge on any atom is -0.507 e. The van der Waals surface area contributed by atoms with Crippen LogP contribution in [0.2, 0.25) is 0 Å². The highest BCUT2D eigenvalue weighted by Gasteiger charge is 2.11. The Hall–Kier alpha value is -2.79. The van der Waals surface area contributed by atoms with Crippen molar-refractivity contribution in [1.82, 2.24) is 10.2 Å². The number of hydrogen-bond donors (Lipinski definition) is 2. The Bertz CT molecular complexity index is 602. The second-order valence-corrected chi connectivity index (χ2v) is 3.13. The maximum absolute atomic E-state index is 9.71. The van der Waals surface area contributed by atoms with Crippen LogP contribution in [0.3, 0.4) is 0 Å². The first kappa shape index (κ1) is 9.75. The van der Waals surface area contributed by atoms with Crippen molar-refractivity contribution in [2.24, 2.45) is 0 Å². The van der Waals surface area contributed by atoms with E-state index in [9.17, 15) is 5.11 Å². The van der Waals surface area contributed by atoms with Crippen LogP contribution in [0, 0.1) is 22.7 Å². The van der Waals surface area contributed by atoms with Crippen molar-refractivity contribution < 1.29 is 5.11 Å². The van der Waals surface area contributed by atoms with Gasteiger partial charge in [0.1, 0.15) is 17.9 Å². The fourth-order valence-electron chi connectivity index (χ4n) is 1.40. The van der Waals surface area contributed by atoms with E-state index < -0.39 is 0 Å². The molecule has 0 atom stereocenters. The van der Waals surface area contributed by atoms with Crippen molar-refractivity contribution in [1.29, 1.82) is 10.5 Å². The zero-order chi connectivity index (χ0) is 11.5. The van der Waals surface area contributed by atoms with Gasteiger partial charge < -0.3 is 5.11 Å². The van der Waals surface area contributed by atoms with Gasteiger partial charge in [0.05, 0.1) is 17.3 Å². The van der Waals surface area contributed by atoms with Gasteiger partial charge in [-0.15, -0.1) is 0 Å². The summed E-state index contributed by atoms with van der Waals surface area (Å²) in [5, 5.41) is 33.7. The van der Waals surface area contributed by atoms with Crippen molar-refractivity contribution >= 4 is 0 Å². The number of benzene rings is 1. The third-order valence-corrected chi connectivity index (χ3v) is 2.19. The third-order valence-electron chi connectivity index (χ3n) is 2.19.